The molecule has 1 fully saturated rings. The molecule has 1 aromatic carbocycles. The highest BCUT2D eigenvalue weighted by molar-refractivity contribution is 5.77. The van der Waals surface area contributed by atoms with E-state index in [1.165, 1.54) is 12.8 Å². The van der Waals surface area contributed by atoms with Gasteiger partial charge in [-0.3, -0.25) is 4.79 Å². The SMILES string of the molecule is C=CCn1c(=O)c2cnc(Nc3ccc(NCCNC4CCNCC4)cc3)nc2n1-c1ccc2c(n1)[C@@](O)(CC)CC2. The fourth-order valence-corrected chi connectivity index (χ4v) is 5.92. The molecule has 1 aliphatic heterocycles. The van der Waals surface area contributed by atoms with E-state index >= 15 is 0 Å². The second-order valence-electron chi connectivity index (χ2n) is 11.1. The molecule has 0 radical (unpaired) electrons. The summed E-state index contributed by atoms with van der Waals surface area (Å²) < 4.78 is 3.25. The van der Waals surface area contributed by atoms with Gasteiger partial charge < -0.3 is 26.4 Å². The van der Waals surface area contributed by atoms with Gasteiger partial charge in [0.25, 0.3) is 5.56 Å². The summed E-state index contributed by atoms with van der Waals surface area (Å²) >= 11 is 0. The molecule has 1 saturated heterocycles. The fourth-order valence-electron chi connectivity index (χ4n) is 5.92. The van der Waals surface area contributed by atoms with Crippen LogP contribution < -0.4 is 26.8 Å². The lowest BCUT2D eigenvalue weighted by Gasteiger charge is -2.23. The van der Waals surface area contributed by atoms with Crippen molar-refractivity contribution >= 4 is 28.4 Å². The van der Waals surface area contributed by atoms with Gasteiger partial charge in [-0.1, -0.05) is 19.1 Å². The van der Waals surface area contributed by atoms with Crippen LogP contribution in [-0.2, 0) is 18.6 Å². The quantitative estimate of drug-likeness (QED) is 0.136. The summed E-state index contributed by atoms with van der Waals surface area (Å²) in [6, 6.07) is 12.4. The van der Waals surface area contributed by atoms with E-state index in [-0.39, 0.29) is 12.1 Å². The molecule has 5 N–H and O–H groups in total. The molecule has 42 heavy (non-hydrogen) atoms. The maximum Gasteiger partial charge on any atom is 0.278 e. The van der Waals surface area contributed by atoms with Crippen molar-refractivity contribution in [2.45, 2.75) is 57.2 Å². The molecule has 3 aromatic heterocycles. The van der Waals surface area contributed by atoms with E-state index in [1.807, 2.05) is 43.3 Å². The number of anilines is 3. The minimum Gasteiger partial charge on any atom is -0.384 e. The minimum absolute atomic E-state index is 0.227. The van der Waals surface area contributed by atoms with Crippen molar-refractivity contribution in [3.8, 4) is 5.82 Å². The first-order chi connectivity index (χ1) is 20.5. The van der Waals surface area contributed by atoms with Crippen LogP contribution in [0.3, 0.4) is 0 Å². The highest BCUT2D eigenvalue weighted by atomic mass is 16.3. The lowest BCUT2D eigenvalue weighted by atomic mass is 9.98. The van der Waals surface area contributed by atoms with Gasteiger partial charge in [0.1, 0.15) is 11.0 Å². The number of hydrogen-bond acceptors (Lipinski definition) is 9. The topological polar surface area (TPSA) is 134 Å². The van der Waals surface area contributed by atoms with Crippen molar-refractivity contribution < 1.29 is 5.11 Å². The zero-order valence-corrected chi connectivity index (χ0v) is 24.1. The molecule has 0 amide bonds. The van der Waals surface area contributed by atoms with E-state index in [1.54, 1.807) is 21.6 Å². The zero-order valence-electron chi connectivity index (χ0n) is 24.1. The molecule has 1 atom stereocenters. The summed E-state index contributed by atoms with van der Waals surface area (Å²) in [6.07, 6.45) is 7.55. The Balaban J connectivity index is 1.22. The molecule has 0 spiro atoms. The highest BCUT2D eigenvalue weighted by Crippen LogP contribution is 2.38. The first-order valence-corrected chi connectivity index (χ1v) is 14.9. The molecule has 1 aliphatic carbocycles. The maximum atomic E-state index is 13.3. The van der Waals surface area contributed by atoms with Crippen molar-refractivity contribution in [1.29, 1.82) is 0 Å². The third kappa shape index (κ3) is 5.55. The number of aliphatic hydroxyl groups is 1. The Hall–Kier alpha value is -4.06. The number of allylic oxidation sites excluding steroid dienone is 1. The van der Waals surface area contributed by atoms with Gasteiger partial charge in [-0.05, 0) is 81.1 Å². The molecule has 11 nitrogen and oxygen atoms in total. The number of piperidine rings is 1. The Bertz CT molecular complexity index is 1620. The Labute approximate surface area is 245 Å². The van der Waals surface area contributed by atoms with E-state index in [0.29, 0.717) is 47.4 Å². The molecule has 11 heteroatoms. The van der Waals surface area contributed by atoms with Crippen molar-refractivity contribution in [3.63, 3.8) is 0 Å². The van der Waals surface area contributed by atoms with Crippen molar-refractivity contribution in [2.75, 3.05) is 36.8 Å². The second-order valence-corrected chi connectivity index (χ2v) is 11.1. The summed E-state index contributed by atoms with van der Waals surface area (Å²) in [6.45, 7) is 10.0. The lowest BCUT2D eigenvalue weighted by Crippen LogP contribution is -2.41. The van der Waals surface area contributed by atoms with Crippen LogP contribution in [0.4, 0.5) is 17.3 Å². The normalized spacial score (nSPS) is 18.7. The number of aryl methyl sites for hydroxylation is 1. The van der Waals surface area contributed by atoms with Crippen LogP contribution in [0, 0.1) is 0 Å². The van der Waals surface area contributed by atoms with Crippen LogP contribution in [-0.4, -0.2) is 61.6 Å². The Morgan fingerprint density at radius 2 is 1.90 bits per heavy atom. The zero-order chi connectivity index (χ0) is 29.1. The Morgan fingerprint density at radius 1 is 1.12 bits per heavy atom. The van der Waals surface area contributed by atoms with E-state index in [9.17, 15) is 9.90 Å². The van der Waals surface area contributed by atoms with Crippen LogP contribution in [0.1, 0.15) is 43.9 Å². The fraction of sp³-hybridized carbons (Fsp3) is 0.419. The summed E-state index contributed by atoms with van der Waals surface area (Å²) in [7, 11) is 0. The largest absolute Gasteiger partial charge is 0.384 e. The van der Waals surface area contributed by atoms with Crippen LogP contribution in [0.5, 0.6) is 0 Å². The van der Waals surface area contributed by atoms with Crippen LogP contribution in [0.25, 0.3) is 16.9 Å². The number of nitrogens with one attached hydrogen (secondary N) is 4. The average Bonchev–Trinajstić information content (AvgIpc) is 3.50. The summed E-state index contributed by atoms with van der Waals surface area (Å²) in [5.74, 6) is 0.885. The number of fused-ring (bicyclic) bond motifs is 2. The van der Waals surface area contributed by atoms with Gasteiger partial charge in [0, 0.05) is 36.7 Å². The van der Waals surface area contributed by atoms with Crippen LogP contribution >= 0.6 is 0 Å². The molecule has 4 heterocycles. The van der Waals surface area contributed by atoms with Crippen molar-refractivity contribution in [1.82, 2.24) is 34.9 Å². The highest BCUT2D eigenvalue weighted by Gasteiger charge is 2.37. The van der Waals surface area contributed by atoms with E-state index in [2.05, 4.69) is 32.8 Å². The summed E-state index contributed by atoms with van der Waals surface area (Å²) in [4.78, 5) is 27.4. The molecule has 6 rings (SSSR count). The standard InChI is InChI=1S/C31H39N9O2/c1-3-19-39-29(41)25-20-35-30(36-24-8-6-22(7-9-24)33-17-18-34-23-12-15-32-16-13-23)38-28(25)40(39)26-10-5-21-11-14-31(42,4-2)27(21)37-26/h3,5-10,20,23,32-34,42H,1,4,11-19H2,2H3,(H,35,36,38)/t31-/m1/s1. The lowest BCUT2D eigenvalue weighted by molar-refractivity contribution is 0.0306. The van der Waals surface area contributed by atoms with Gasteiger partial charge in [-0.25, -0.2) is 19.3 Å². The molecule has 0 unspecified atom stereocenters. The summed E-state index contributed by atoms with van der Waals surface area (Å²) in [5.41, 5.74) is 2.81. The van der Waals surface area contributed by atoms with E-state index < -0.39 is 5.60 Å². The van der Waals surface area contributed by atoms with E-state index in [0.717, 1.165) is 49.5 Å². The first kappa shape index (κ1) is 28.1. The van der Waals surface area contributed by atoms with Crippen molar-refractivity contribution in [2.24, 2.45) is 0 Å². The second kappa shape index (κ2) is 12.0. The van der Waals surface area contributed by atoms with Gasteiger partial charge in [-0.15, -0.1) is 6.58 Å². The van der Waals surface area contributed by atoms with Crippen LogP contribution in [0.2, 0.25) is 0 Å². The number of rotatable bonds is 11. The Kier molecular flexibility index (Phi) is 8.05. The van der Waals surface area contributed by atoms with Crippen LogP contribution in [0.15, 0.2) is 60.0 Å². The number of nitrogens with zero attached hydrogens (tertiary/aromatic N) is 5. The molecule has 4 aromatic rings. The smallest absolute Gasteiger partial charge is 0.278 e. The number of aromatic nitrogens is 5. The molecule has 0 saturated carbocycles. The van der Waals surface area contributed by atoms with Gasteiger partial charge in [0.05, 0.1) is 12.2 Å². The maximum absolute atomic E-state index is 13.3. The molecule has 220 valence electrons. The number of hydrogen-bond donors (Lipinski definition) is 5. The molecular weight excluding hydrogens is 530 g/mol. The van der Waals surface area contributed by atoms with Gasteiger partial charge in [0.15, 0.2) is 11.5 Å². The molecular formula is C31H39N9O2. The van der Waals surface area contributed by atoms with Gasteiger partial charge >= 0.3 is 0 Å². The predicted octanol–water partition coefficient (Wildman–Crippen LogP) is 3.20. The molecule has 0 bridgehead atoms. The minimum atomic E-state index is -0.968. The number of benzene rings is 1. The monoisotopic (exact) mass is 569 g/mol. The Morgan fingerprint density at radius 3 is 2.67 bits per heavy atom. The first-order valence-electron chi connectivity index (χ1n) is 14.9. The van der Waals surface area contributed by atoms with Crippen molar-refractivity contribution in [3.05, 3.63) is 76.9 Å². The third-order valence-electron chi connectivity index (χ3n) is 8.36. The van der Waals surface area contributed by atoms with Gasteiger partial charge in [-0.2, -0.15) is 4.98 Å². The van der Waals surface area contributed by atoms with Gasteiger partial charge in [0.2, 0.25) is 5.95 Å². The molecule has 2 aliphatic rings. The average molecular weight is 570 g/mol. The summed E-state index contributed by atoms with van der Waals surface area (Å²) in [5, 5.41) is 25.3. The predicted molar refractivity (Wildman–Crippen MR) is 166 cm³/mol. The van der Waals surface area contributed by atoms with E-state index in [4.69, 9.17) is 9.97 Å². The number of pyridine rings is 1. The third-order valence-corrected chi connectivity index (χ3v) is 8.36.